The Kier molecular flexibility index (Phi) is 5.07. The van der Waals surface area contributed by atoms with Crippen LogP contribution in [-0.2, 0) is 17.6 Å². The fraction of sp³-hybridized carbons (Fsp3) is 0.286. The number of nitro groups is 1. The SMILES string of the molecule is COc1ccc([N+](=O)[O-])cc1NC(=O)COc1ccc2oc3c(c2c1)CCCC3. The van der Waals surface area contributed by atoms with Crippen molar-refractivity contribution in [1.29, 1.82) is 0 Å². The molecule has 150 valence electrons. The van der Waals surface area contributed by atoms with Crippen LogP contribution in [0.1, 0.15) is 24.2 Å². The number of ether oxygens (including phenoxy) is 2. The van der Waals surface area contributed by atoms with Crippen LogP contribution < -0.4 is 14.8 Å². The number of fused-ring (bicyclic) bond motifs is 3. The fourth-order valence-corrected chi connectivity index (χ4v) is 3.57. The summed E-state index contributed by atoms with van der Waals surface area (Å²) >= 11 is 0. The van der Waals surface area contributed by atoms with Gasteiger partial charge in [0.15, 0.2) is 6.61 Å². The third-order valence-corrected chi connectivity index (χ3v) is 4.96. The lowest BCUT2D eigenvalue weighted by Crippen LogP contribution is -2.20. The average molecular weight is 396 g/mol. The summed E-state index contributed by atoms with van der Waals surface area (Å²) < 4.78 is 16.7. The maximum absolute atomic E-state index is 12.3. The van der Waals surface area contributed by atoms with Gasteiger partial charge in [-0.05, 0) is 43.5 Å². The molecule has 0 atom stereocenters. The quantitative estimate of drug-likeness (QED) is 0.493. The van der Waals surface area contributed by atoms with Crippen LogP contribution in [0.4, 0.5) is 11.4 Å². The Morgan fingerprint density at radius 2 is 2.03 bits per heavy atom. The second-order valence-electron chi connectivity index (χ2n) is 6.85. The number of nitrogens with zero attached hydrogens (tertiary/aromatic N) is 1. The third kappa shape index (κ3) is 3.87. The van der Waals surface area contributed by atoms with Gasteiger partial charge in [0.25, 0.3) is 11.6 Å². The molecule has 0 saturated carbocycles. The summed E-state index contributed by atoms with van der Waals surface area (Å²) in [7, 11) is 1.42. The summed E-state index contributed by atoms with van der Waals surface area (Å²) in [5.41, 5.74) is 2.13. The third-order valence-electron chi connectivity index (χ3n) is 4.96. The van der Waals surface area contributed by atoms with E-state index in [0.717, 1.165) is 42.4 Å². The van der Waals surface area contributed by atoms with Gasteiger partial charge in [-0.2, -0.15) is 0 Å². The van der Waals surface area contributed by atoms with E-state index in [2.05, 4.69) is 5.32 Å². The van der Waals surface area contributed by atoms with E-state index in [1.54, 1.807) is 6.07 Å². The average Bonchev–Trinajstić information content (AvgIpc) is 3.10. The molecule has 0 bridgehead atoms. The van der Waals surface area contributed by atoms with E-state index < -0.39 is 10.8 Å². The van der Waals surface area contributed by atoms with Crippen LogP contribution in [0.5, 0.6) is 11.5 Å². The molecule has 1 aliphatic carbocycles. The van der Waals surface area contributed by atoms with Gasteiger partial charge in [-0.15, -0.1) is 0 Å². The Balaban J connectivity index is 1.46. The summed E-state index contributed by atoms with van der Waals surface area (Å²) in [5.74, 6) is 1.49. The zero-order valence-corrected chi connectivity index (χ0v) is 15.9. The highest BCUT2D eigenvalue weighted by molar-refractivity contribution is 5.94. The number of benzene rings is 2. The van der Waals surface area contributed by atoms with Gasteiger partial charge in [-0.25, -0.2) is 0 Å². The predicted molar refractivity (Wildman–Crippen MR) is 107 cm³/mol. The summed E-state index contributed by atoms with van der Waals surface area (Å²) in [4.78, 5) is 22.7. The normalized spacial score (nSPS) is 13.0. The number of hydrogen-bond acceptors (Lipinski definition) is 6. The number of aryl methyl sites for hydroxylation is 2. The predicted octanol–water partition coefficient (Wildman–Crippen LogP) is 4.25. The maximum Gasteiger partial charge on any atom is 0.271 e. The molecule has 0 spiro atoms. The molecular weight excluding hydrogens is 376 g/mol. The van der Waals surface area contributed by atoms with Crippen LogP contribution in [0, 0.1) is 10.1 Å². The van der Waals surface area contributed by atoms with Gasteiger partial charge in [0.2, 0.25) is 0 Å². The second kappa shape index (κ2) is 7.83. The van der Waals surface area contributed by atoms with E-state index in [4.69, 9.17) is 13.9 Å². The number of carbonyl (C=O) groups is 1. The van der Waals surface area contributed by atoms with Crippen molar-refractivity contribution in [3.63, 3.8) is 0 Å². The van der Waals surface area contributed by atoms with E-state index in [-0.39, 0.29) is 18.0 Å². The van der Waals surface area contributed by atoms with Crippen molar-refractivity contribution in [2.75, 3.05) is 19.0 Å². The molecule has 0 radical (unpaired) electrons. The molecule has 2 aromatic carbocycles. The maximum atomic E-state index is 12.3. The van der Waals surface area contributed by atoms with Gasteiger partial charge in [0.05, 0.1) is 17.7 Å². The number of carbonyl (C=O) groups excluding carboxylic acids is 1. The molecule has 8 nitrogen and oxygen atoms in total. The first kappa shape index (κ1) is 18.8. The molecule has 1 aromatic heterocycles. The van der Waals surface area contributed by atoms with Crippen LogP contribution in [-0.4, -0.2) is 24.5 Å². The number of non-ortho nitro benzene ring substituents is 1. The largest absolute Gasteiger partial charge is 0.495 e. The van der Waals surface area contributed by atoms with Gasteiger partial charge >= 0.3 is 0 Å². The molecule has 8 heteroatoms. The van der Waals surface area contributed by atoms with Crippen molar-refractivity contribution >= 4 is 28.3 Å². The number of hydrogen-bond donors (Lipinski definition) is 1. The van der Waals surface area contributed by atoms with E-state index in [1.807, 2.05) is 12.1 Å². The molecule has 0 aliphatic heterocycles. The number of amides is 1. The molecule has 1 aliphatic rings. The first-order chi connectivity index (χ1) is 14.0. The first-order valence-electron chi connectivity index (χ1n) is 9.34. The van der Waals surface area contributed by atoms with E-state index in [0.29, 0.717) is 11.5 Å². The molecular formula is C21H20N2O6. The van der Waals surface area contributed by atoms with Crippen LogP contribution in [0.3, 0.4) is 0 Å². The summed E-state index contributed by atoms with van der Waals surface area (Å²) in [6.07, 6.45) is 4.21. The lowest BCUT2D eigenvalue weighted by atomic mass is 9.96. The standard InChI is InChI=1S/C21H20N2O6/c1-27-20-8-6-13(23(25)26)10-17(20)22-21(24)12-28-14-7-9-19-16(11-14)15-4-2-3-5-18(15)29-19/h6-11H,2-5,12H2,1H3,(H,22,24). The highest BCUT2D eigenvalue weighted by atomic mass is 16.6. The van der Waals surface area contributed by atoms with Crippen molar-refractivity contribution in [1.82, 2.24) is 0 Å². The van der Waals surface area contributed by atoms with E-state index in [9.17, 15) is 14.9 Å². The molecule has 1 amide bonds. The summed E-state index contributed by atoms with van der Waals surface area (Å²) in [5, 5.41) is 14.6. The van der Waals surface area contributed by atoms with E-state index >= 15 is 0 Å². The zero-order valence-electron chi connectivity index (χ0n) is 15.9. The number of methoxy groups -OCH3 is 1. The minimum Gasteiger partial charge on any atom is -0.495 e. The highest BCUT2D eigenvalue weighted by Crippen LogP contribution is 2.34. The minimum absolute atomic E-state index is 0.141. The minimum atomic E-state index is -0.535. The van der Waals surface area contributed by atoms with Crippen molar-refractivity contribution in [2.24, 2.45) is 0 Å². The molecule has 0 fully saturated rings. The molecule has 3 aromatic rings. The van der Waals surface area contributed by atoms with Crippen LogP contribution in [0.2, 0.25) is 0 Å². The van der Waals surface area contributed by atoms with Crippen molar-refractivity contribution in [2.45, 2.75) is 25.7 Å². The highest BCUT2D eigenvalue weighted by Gasteiger charge is 2.18. The first-order valence-corrected chi connectivity index (χ1v) is 9.34. The molecule has 4 rings (SSSR count). The van der Waals surface area contributed by atoms with Crippen LogP contribution in [0.15, 0.2) is 40.8 Å². The number of anilines is 1. The lowest BCUT2D eigenvalue weighted by Gasteiger charge is -2.11. The van der Waals surface area contributed by atoms with Crippen molar-refractivity contribution < 1.29 is 23.6 Å². The topological polar surface area (TPSA) is 104 Å². The molecule has 0 saturated heterocycles. The monoisotopic (exact) mass is 396 g/mol. The Labute approximate surface area is 166 Å². The van der Waals surface area contributed by atoms with Crippen LogP contribution in [0.25, 0.3) is 11.0 Å². The van der Waals surface area contributed by atoms with Gasteiger partial charge < -0.3 is 19.2 Å². The van der Waals surface area contributed by atoms with Gasteiger partial charge in [0.1, 0.15) is 22.8 Å². The summed E-state index contributed by atoms with van der Waals surface area (Å²) in [6, 6.07) is 9.50. The smallest absolute Gasteiger partial charge is 0.271 e. The van der Waals surface area contributed by atoms with E-state index in [1.165, 1.54) is 30.9 Å². The lowest BCUT2D eigenvalue weighted by molar-refractivity contribution is -0.384. The number of rotatable bonds is 6. The molecule has 1 heterocycles. The number of nitro benzene ring substituents is 1. The van der Waals surface area contributed by atoms with Crippen molar-refractivity contribution in [3.8, 4) is 11.5 Å². The van der Waals surface area contributed by atoms with Gasteiger partial charge in [-0.1, -0.05) is 0 Å². The zero-order chi connectivity index (χ0) is 20.4. The van der Waals surface area contributed by atoms with Crippen LogP contribution >= 0.6 is 0 Å². The summed E-state index contributed by atoms with van der Waals surface area (Å²) in [6.45, 7) is -0.239. The molecule has 0 unspecified atom stereocenters. The second-order valence-corrected chi connectivity index (χ2v) is 6.85. The number of furan rings is 1. The Morgan fingerprint density at radius 3 is 2.83 bits per heavy atom. The Hall–Kier alpha value is -3.55. The molecule has 1 N–H and O–H groups in total. The Morgan fingerprint density at radius 1 is 1.21 bits per heavy atom. The fourth-order valence-electron chi connectivity index (χ4n) is 3.57. The van der Waals surface area contributed by atoms with Crippen molar-refractivity contribution in [3.05, 3.63) is 57.8 Å². The Bertz CT molecular complexity index is 1090. The number of nitrogens with one attached hydrogen (secondary N) is 1. The van der Waals surface area contributed by atoms with Gasteiger partial charge in [-0.3, -0.25) is 14.9 Å². The van der Waals surface area contributed by atoms with Gasteiger partial charge in [0, 0.05) is 29.5 Å². The molecule has 29 heavy (non-hydrogen) atoms.